The van der Waals surface area contributed by atoms with E-state index in [1.54, 1.807) is 0 Å². The van der Waals surface area contributed by atoms with Crippen molar-refractivity contribution < 1.29 is 9.90 Å². The number of aliphatic hydroxyl groups excluding tert-OH is 1. The fourth-order valence-electron chi connectivity index (χ4n) is 2.16. The van der Waals surface area contributed by atoms with Gasteiger partial charge in [-0.2, -0.15) is 0 Å². The predicted octanol–water partition coefficient (Wildman–Crippen LogP) is 1.57. The Kier molecular flexibility index (Phi) is 4.01. The highest BCUT2D eigenvalue weighted by molar-refractivity contribution is 5.96. The highest BCUT2D eigenvalue weighted by atomic mass is 16.2. The van der Waals surface area contributed by atoms with Gasteiger partial charge < -0.3 is 10.0 Å². The number of hydrogen-bond acceptors (Lipinski definition) is 2. The number of carbonyl (C=O) groups excluding carboxylic acids is 1. The van der Waals surface area contributed by atoms with E-state index in [0.717, 1.165) is 42.6 Å². The van der Waals surface area contributed by atoms with E-state index >= 15 is 0 Å². The van der Waals surface area contributed by atoms with Crippen LogP contribution in [0.2, 0.25) is 0 Å². The molecule has 1 heterocycles. The third kappa shape index (κ3) is 2.72. The second-order valence-electron chi connectivity index (χ2n) is 4.49. The lowest BCUT2D eigenvalue weighted by molar-refractivity contribution is 0.0792. The maximum absolute atomic E-state index is 12.3. The molecule has 0 aliphatic carbocycles. The highest BCUT2D eigenvalue weighted by Crippen LogP contribution is 2.17. The van der Waals surface area contributed by atoms with Gasteiger partial charge in [0.25, 0.3) is 5.91 Å². The molecule has 18 heavy (non-hydrogen) atoms. The van der Waals surface area contributed by atoms with Crippen molar-refractivity contribution >= 4 is 5.91 Å². The fraction of sp³-hybridized carbons (Fsp3) is 0.400. The summed E-state index contributed by atoms with van der Waals surface area (Å²) in [5, 5.41) is 8.68. The van der Waals surface area contributed by atoms with Crippen molar-refractivity contribution in [3.63, 3.8) is 0 Å². The first-order valence-corrected chi connectivity index (χ1v) is 6.22. The number of carbonyl (C=O) groups is 1. The second kappa shape index (κ2) is 5.70. The van der Waals surface area contributed by atoms with Crippen LogP contribution in [0.4, 0.5) is 0 Å². The van der Waals surface area contributed by atoms with Gasteiger partial charge in [0.05, 0.1) is 0 Å². The molecule has 3 heteroatoms. The van der Waals surface area contributed by atoms with Gasteiger partial charge in [-0.3, -0.25) is 4.79 Å². The van der Waals surface area contributed by atoms with Gasteiger partial charge in [0, 0.05) is 24.2 Å². The number of amides is 1. The number of nitrogens with zero attached hydrogens (tertiary/aromatic N) is 1. The van der Waals surface area contributed by atoms with E-state index in [2.05, 4.69) is 11.8 Å². The van der Waals surface area contributed by atoms with Crippen LogP contribution in [-0.2, 0) is 0 Å². The lowest BCUT2D eigenvalue weighted by Crippen LogP contribution is -2.28. The predicted molar refractivity (Wildman–Crippen MR) is 70.3 cm³/mol. The fourth-order valence-corrected chi connectivity index (χ4v) is 2.16. The molecule has 0 atom stereocenters. The molecule has 0 aromatic heterocycles. The molecular formula is C15H17NO2. The van der Waals surface area contributed by atoms with E-state index in [4.69, 9.17) is 5.11 Å². The smallest absolute Gasteiger partial charge is 0.254 e. The van der Waals surface area contributed by atoms with Gasteiger partial charge in [-0.15, -0.1) is 0 Å². The maximum Gasteiger partial charge on any atom is 0.254 e. The maximum atomic E-state index is 12.3. The first-order valence-electron chi connectivity index (χ1n) is 6.22. The van der Waals surface area contributed by atoms with Crippen molar-refractivity contribution in [2.45, 2.75) is 19.8 Å². The van der Waals surface area contributed by atoms with Gasteiger partial charge >= 0.3 is 0 Å². The Bertz CT molecular complexity index is 505. The molecule has 2 rings (SSSR count). The summed E-state index contributed by atoms with van der Waals surface area (Å²) in [6.45, 7) is 3.48. The molecule has 94 valence electrons. The second-order valence-corrected chi connectivity index (χ2v) is 4.49. The van der Waals surface area contributed by atoms with E-state index in [1.807, 2.05) is 30.0 Å². The minimum atomic E-state index is -0.163. The van der Waals surface area contributed by atoms with Gasteiger partial charge in [-0.05, 0) is 37.5 Å². The number of aryl methyl sites for hydroxylation is 1. The molecule has 3 nitrogen and oxygen atoms in total. The van der Waals surface area contributed by atoms with Crippen molar-refractivity contribution in [3.8, 4) is 11.8 Å². The Hall–Kier alpha value is -1.79. The number of benzene rings is 1. The monoisotopic (exact) mass is 243 g/mol. The summed E-state index contributed by atoms with van der Waals surface area (Å²) in [6.07, 6.45) is 2.18. The number of likely N-dealkylation sites (tertiary alicyclic amines) is 1. The summed E-state index contributed by atoms with van der Waals surface area (Å²) >= 11 is 0. The van der Waals surface area contributed by atoms with E-state index in [9.17, 15) is 4.79 Å². The molecule has 1 aliphatic heterocycles. The molecule has 0 bridgehead atoms. The van der Waals surface area contributed by atoms with E-state index in [1.165, 1.54) is 0 Å². The minimum Gasteiger partial charge on any atom is -0.384 e. The van der Waals surface area contributed by atoms with E-state index < -0.39 is 0 Å². The molecule has 0 spiro atoms. The summed E-state index contributed by atoms with van der Waals surface area (Å²) in [6, 6.07) is 5.60. The number of hydrogen-bond donors (Lipinski definition) is 1. The zero-order chi connectivity index (χ0) is 13.0. The Morgan fingerprint density at radius 1 is 1.39 bits per heavy atom. The number of rotatable bonds is 1. The molecule has 1 saturated heterocycles. The average molecular weight is 243 g/mol. The van der Waals surface area contributed by atoms with Crippen molar-refractivity contribution in [3.05, 3.63) is 34.9 Å². The van der Waals surface area contributed by atoms with Crippen LogP contribution in [0.15, 0.2) is 18.2 Å². The lowest BCUT2D eigenvalue weighted by Gasteiger charge is -2.16. The van der Waals surface area contributed by atoms with Crippen molar-refractivity contribution in [1.29, 1.82) is 0 Å². The molecule has 1 fully saturated rings. The standard InChI is InChI=1S/C15H17NO2/c1-12-6-7-13(5-4-10-17)11-14(12)15(18)16-8-2-3-9-16/h6-7,11,17H,2-3,8-10H2,1H3. The molecule has 0 radical (unpaired) electrons. The zero-order valence-electron chi connectivity index (χ0n) is 10.6. The molecule has 1 aromatic rings. The van der Waals surface area contributed by atoms with E-state index in [0.29, 0.717) is 0 Å². The zero-order valence-corrected chi connectivity index (χ0v) is 10.6. The Balaban J connectivity index is 2.27. The summed E-state index contributed by atoms with van der Waals surface area (Å²) in [5.74, 6) is 5.53. The van der Waals surface area contributed by atoms with Crippen LogP contribution in [-0.4, -0.2) is 35.6 Å². The Morgan fingerprint density at radius 3 is 2.78 bits per heavy atom. The topological polar surface area (TPSA) is 40.5 Å². The summed E-state index contributed by atoms with van der Waals surface area (Å²) in [4.78, 5) is 14.2. The van der Waals surface area contributed by atoms with Crippen molar-refractivity contribution in [2.75, 3.05) is 19.7 Å². The molecular weight excluding hydrogens is 226 g/mol. The van der Waals surface area contributed by atoms with Gasteiger partial charge in [-0.1, -0.05) is 17.9 Å². The highest BCUT2D eigenvalue weighted by Gasteiger charge is 2.20. The first kappa shape index (κ1) is 12.7. The van der Waals surface area contributed by atoms with E-state index in [-0.39, 0.29) is 12.5 Å². The normalized spacial score (nSPS) is 14.2. The van der Waals surface area contributed by atoms with Gasteiger partial charge in [-0.25, -0.2) is 0 Å². The van der Waals surface area contributed by atoms with Gasteiger partial charge in [0.1, 0.15) is 6.61 Å². The largest absolute Gasteiger partial charge is 0.384 e. The third-order valence-electron chi connectivity index (χ3n) is 3.17. The van der Waals surface area contributed by atoms with Crippen LogP contribution in [0.1, 0.15) is 34.3 Å². The molecule has 1 amide bonds. The Morgan fingerprint density at radius 2 is 2.11 bits per heavy atom. The molecule has 1 N–H and O–H groups in total. The SMILES string of the molecule is Cc1ccc(C#CCO)cc1C(=O)N1CCCC1. The van der Waals surface area contributed by atoms with Crippen LogP contribution in [0.3, 0.4) is 0 Å². The summed E-state index contributed by atoms with van der Waals surface area (Å²) in [7, 11) is 0. The first-order chi connectivity index (χ1) is 8.72. The van der Waals surface area contributed by atoms with Crippen LogP contribution in [0.5, 0.6) is 0 Å². The molecule has 0 saturated carbocycles. The van der Waals surface area contributed by atoms with Crippen LogP contribution in [0, 0.1) is 18.8 Å². The van der Waals surface area contributed by atoms with Crippen LogP contribution < -0.4 is 0 Å². The summed E-state index contributed by atoms with van der Waals surface area (Å²) < 4.78 is 0. The third-order valence-corrected chi connectivity index (χ3v) is 3.17. The van der Waals surface area contributed by atoms with Crippen LogP contribution in [0.25, 0.3) is 0 Å². The minimum absolute atomic E-state index is 0.0950. The average Bonchev–Trinajstić information content (AvgIpc) is 2.91. The molecule has 0 unspecified atom stereocenters. The van der Waals surface area contributed by atoms with Crippen molar-refractivity contribution in [2.24, 2.45) is 0 Å². The summed E-state index contributed by atoms with van der Waals surface area (Å²) in [5.41, 5.74) is 2.47. The van der Waals surface area contributed by atoms with Crippen LogP contribution >= 0.6 is 0 Å². The quantitative estimate of drug-likeness (QED) is 0.761. The number of aliphatic hydroxyl groups is 1. The lowest BCUT2D eigenvalue weighted by atomic mass is 10.0. The van der Waals surface area contributed by atoms with Gasteiger partial charge in [0.2, 0.25) is 0 Å². The van der Waals surface area contributed by atoms with Crippen molar-refractivity contribution in [1.82, 2.24) is 4.90 Å². The molecule has 1 aliphatic rings. The van der Waals surface area contributed by atoms with Gasteiger partial charge in [0.15, 0.2) is 0 Å². The molecule has 1 aromatic carbocycles. The Labute approximate surface area is 107 Å².